The standard InChI is InChI=1S/C50H30N4O2/c1-3-13-31(14-4-1)37-18-7-8-20-41(37)50-53-48(32-15-5-2-6-16-32)52-49(54-50)36-26-34(33-17-12-24-51-30-33)25-35(27-36)38-21-11-22-40-43-29-45-42(28-46(43)56-47(38)40)39-19-9-10-23-44(39)55-45/h1-30H. The second kappa shape index (κ2) is 13.0. The van der Waals surface area contributed by atoms with Crippen LogP contribution in [0.4, 0.5) is 0 Å². The van der Waals surface area contributed by atoms with E-state index >= 15 is 0 Å². The molecule has 0 aliphatic carbocycles. The summed E-state index contributed by atoms with van der Waals surface area (Å²) < 4.78 is 13.0. The number of hydrogen-bond acceptors (Lipinski definition) is 6. The highest BCUT2D eigenvalue weighted by Gasteiger charge is 2.20. The normalized spacial score (nSPS) is 11.6. The molecule has 7 aromatic carbocycles. The fourth-order valence-electron chi connectivity index (χ4n) is 7.74. The number of fused-ring (bicyclic) bond motifs is 6. The highest BCUT2D eigenvalue weighted by molar-refractivity contribution is 6.16. The number of rotatable bonds is 6. The minimum absolute atomic E-state index is 0.563. The third-order valence-corrected chi connectivity index (χ3v) is 10.4. The zero-order chi connectivity index (χ0) is 37.0. The zero-order valence-electron chi connectivity index (χ0n) is 29.9. The van der Waals surface area contributed by atoms with Gasteiger partial charge in [0, 0.05) is 61.8 Å². The van der Waals surface area contributed by atoms with Crippen LogP contribution in [0.3, 0.4) is 0 Å². The van der Waals surface area contributed by atoms with Crippen LogP contribution in [0.25, 0.3) is 111 Å². The van der Waals surface area contributed by atoms with Crippen LogP contribution in [0.5, 0.6) is 0 Å². The SMILES string of the molecule is c1ccc(-c2nc(-c3cc(-c4cccnc4)cc(-c4cccc5c4oc4cc6c(cc45)oc4ccccc46)c3)nc(-c3ccccc3-c3ccccc3)n2)cc1. The van der Waals surface area contributed by atoms with Gasteiger partial charge in [-0.25, -0.2) is 15.0 Å². The molecule has 0 radical (unpaired) electrons. The number of benzene rings is 7. The second-order valence-electron chi connectivity index (χ2n) is 13.9. The van der Waals surface area contributed by atoms with Crippen molar-refractivity contribution < 1.29 is 8.83 Å². The number of aromatic nitrogens is 4. The molecule has 262 valence electrons. The van der Waals surface area contributed by atoms with Crippen molar-refractivity contribution in [3.63, 3.8) is 0 Å². The van der Waals surface area contributed by atoms with E-state index in [0.29, 0.717) is 17.5 Å². The molecule has 0 saturated carbocycles. The first-order valence-corrected chi connectivity index (χ1v) is 18.5. The van der Waals surface area contributed by atoms with Crippen LogP contribution in [0.1, 0.15) is 0 Å². The van der Waals surface area contributed by atoms with Crippen LogP contribution >= 0.6 is 0 Å². The molecule has 0 spiro atoms. The van der Waals surface area contributed by atoms with Gasteiger partial charge >= 0.3 is 0 Å². The van der Waals surface area contributed by atoms with Crippen molar-refractivity contribution in [1.29, 1.82) is 0 Å². The quantitative estimate of drug-likeness (QED) is 0.170. The number of hydrogen-bond donors (Lipinski definition) is 0. The van der Waals surface area contributed by atoms with E-state index in [1.165, 1.54) is 0 Å². The fraction of sp³-hybridized carbons (Fsp3) is 0. The van der Waals surface area contributed by atoms with Gasteiger partial charge in [0.25, 0.3) is 0 Å². The van der Waals surface area contributed by atoms with E-state index < -0.39 is 0 Å². The van der Waals surface area contributed by atoms with Crippen molar-refractivity contribution >= 4 is 43.9 Å². The van der Waals surface area contributed by atoms with Gasteiger partial charge in [0.05, 0.1) is 0 Å². The summed E-state index contributed by atoms with van der Waals surface area (Å²) in [5, 5.41) is 4.11. The van der Waals surface area contributed by atoms with Crippen LogP contribution in [0, 0.1) is 0 Å². The maximum absolute atomic E-state index is 6.77. The summed E-state index contributed by atoms with van der Waals surface area (Å²) >= 11 is 0. The highest BCUT2D eigenvalue weighted by Crippen LogP contribution is 2.42. The van der Waals surface area contributed by atoms with Gasteiger partial charge in [-0.1, -0.05) is 127 Å². The van der Waals surface area contributed by atoms with E-state index in [0.717, 1.165) is 93.9 Å². The lowest BCUT2D eigenvalue weighted by Gasteiger charge is -2.14. The lowest BCUT2D eigenvalue weighted by atomic mass is 9.95. The van der Waals surface area contributed by atoms with Crippen LogP contribution in [-0.4, -0.2) is 19.9 Å². The van der Waals surface area contributed by atoms with Crippen molar-refractivity contribution in [3.8, 4) is 67.5 Å². The van der Waals surface area contributed by atoms with Crippen LogP contribution in [-0.2, 0) is 0 Å². The molecule has 11 aromatic rings. The van der Waals surface area contributed by atoms with Gasteiger partial charge in [-0.3, -0.25) is 4.98 Å². The monoisotopic (exact) mass is 718 g/mol. The molecule has 56 heavy (non-hydrogen) atoms. The Morgan fingerprint density at radius 3 is 1.71 bits per heavy atom. The molecule has 4 aromatic heterocycles. The number of pyridine rings is 1. The van der Waals surface area contributed by atoms with Gasteiger partial charge in [-0.05, 0) is 64.7 Å². The van der Waals surface area contributed by atoms with Crippen molar-refractivity contribution in [2.75, 3.05) is 0 Å². The summed E-state index contributed by atoms with van der Waals surface area (Å²) in [6.45, 7) is 0. The van der Waals surface area contributed by atoms with Gasteiger partial charge in [0.15, 0.2) is 17.5 Å². The Hall–Kier alpha value is -7.70. The molecular weight excluding hydrogens is 689 g/mol. The smallest absolute Gasteiger partial charge is 0.164 e. The predicted octanol–water partition coefficient (Wildman–Crippen LogP) is 13.1. The van der Waals surface area contributed by atoms with Gasteiger partial charge in [-0.15, -0.1) is 0 Å². The average Bonchev–Trinajstić information content (AvgIpc) is 3.83. The van der Waals surface area contributed by atoms with E-state index in [-0.39, 0.29) is 0 Å². The van der Waals surface area contributed by atoms with E-state index in [1.54, 1.807) is 6.20 Å². The minimum atomic E-state index is 0.563. The molecule has 0 aliphatic rings. The maximum Gasteiger partial charge on any atom is 0.164 e. The third-order valence-electron chi connectivity index (χ3n) is 10.4. The summed E-state index contributed by atoms with van der Waals surface area (Å²) in [6, 6.07) is 57.8. The van der Waals surface area contributed by atoms with Crippen molar-refractivity contribution in [2.24, 2.45) is 0 Å². The first-order valence-electron chi connectivity index (χ1n) is 18.5. The van der Waals surface area contributed by atoms with E-state index in [9.17, 15) is 0 Å². The van der Waals surface area contributed by atoms with Crippen LogP contribution in [0.2, 0.25) is 0 Å². The molecule has 0 aliphatic heterocycles. The zero-order valence-corrected chi connectivity index (χ0v) is 29.9. The largest absolute Gasteiger partial charge is 0.456 e. The topological polar surface area (TPSA) is 77.8 Å². The summed E-state index contributed by atoms with van der Waals surface area (Å²) in [4.78, 5) is 19.9. The summed E-state index contributed by atoms with van der Waals surface area (Å²) in [5.41, 5.74) is 12.0. The Morgan fingerprint density at radius 2 is 0.911 bits per heavy atom. The summed E-state index contributed by atoms with van der Waals surface area (Å²) in [5.74, 6) is 1.75. The number of nitrogens with zero attached hydrogens (tertiary/aromatic N) is 4. The van der Waals surface area contributed by atoms with Gasteiger partial charge in [-0.2, -0.15) is 0 Å². The molecule has 0 fully saturated rings. The molecular formula is C50H30N4O2. The Morgan fingerprint density at radius 1 is 0.321 bits per heavy atom. The third kappa shape index (κ3) is 5.43. The molecule has 11 rings (SSSR count). The molecule has 0 amide bonds. The van der Waals surface area contributed by atoms with Crippen molar-refractivity contribution in [3.05, 3.63) is 182 Å². The van der Waals surface area contributed by atoms with E-state index in [2.05, 4.69) is 89.9 Å². The molecule has 0 N–H and O–H groups in total. The Bertz CT molecular complexity index is 3240. The average molecular weight is 719 g/mol. The van der Waals surface area contributed by atoms with Gasteiger partial charge in [0.1, 0.15) is 22.3 Å². The van der Waals surface area contributed by atoms with E-state index in [4.69, 9.17) is 23.8 Å². The molecule has 4 heterocycles. The predicted molar refractivity (Wildman–Crippen MR) is 225 cm³/mol. The lowest BCUT2D eigenvalue weighted by Crippen LogP contribution is -2.01. The second-order valence-corrected chi connectivity index (χ2v) is 13.9. The van der Waals surface area contributed by atoms with Crippen molar-refractivity contribution in [2.45, 2.75) is 0 Å². The fourth-order valence-corrected chi connectivity index (χ4v) is 7.74. The maximum atomic E-state index is 6.77. The first-order chi connectivity index (χ1) is 27.7. The molecule has 0 unspecified atom stereocenters. The van der Waals surface area contributed by atoms with Crippen LogP contribution in [0.15, 0.2) is 191 Å². The number of para-hydroxylation sites is 2. The van der Waals surface area contributed by atoms with Gasteiger partial charge < -0.3 is 8.83 Å². The van der Waals surface area contributed by atoms with Crippen molar-refractivity contribution in [1.82, 2.24) is 19.9 Å². The van der Waals surface area contributed by atoms with Gasteiger partial charge in [0.2, 0.25) is 0 Å². The lowest BCUT2D eigenvalue weighted by molar-refractivity contribution is 0.664. The summed E-state index contributed by atoms with van der Waals surface area (Å²) in [6.07, 6.45) is 3.67. The first kappa shape index (κ1) is 31.8. The molecule has 0 bridgehead atoms. The Kier molecular flexibility index (Phi) is 7.38. The Labute approximate surface area is 321 Å². The van der Waals surface area contributed by atoms with Crippen LogP contribution < -0.4 is 0 Å². The van der Waals surface area contributed by atoms with E-state index in [1.807, 2.05) is 91.1 Å². The highest BCUT2D eigenvalue weighted by atomic mass is 16.3. The minimum Gasteiger partial charge on any atom is -0.456 e. The molecule has 0 atom stereocenters. The molecule has 6 nitrogen and oxygen atoms in total. The molecule has 0 saturated heterocycles. The summed E-state index contributed by atoms with van der Waals surface area (Å²) in [7, 11) is 0. The number of furan rings is 2. The molecule has 6 heteroatoms. The Balaban J connectivity index is 1.14.